The van der Waals surface area contributed by atoms with Gasteiger partial charge in [-0.1, -0.05) is 12.1 Å². The van der Waals surface area contributed by atoms with Crippen molar-refractivity contribution in [1.82, 2.24) is 25.7 Å². The van der Waals surface area contributed by atoms with Gasteiger partial charge in [-0.25, -0.2) is 9.97 Å². The fraction of sp³-hybridized carbons (Fsp3) is 0.522. The molecule has 1 amide bonds. The third-order valence-electron chi connectivity index (χ3n) is 6.52. The summed E-state index contributed by atoms with van der Waals surface area (Å²) in [5, 5.41) is 6.60. The van der Waals surface area contributed by atoms with Crippen molar-refractivity contribution in [2.24, 2.45) is 5.92 Å². The van der Waals surface area contributed by atoms with Crippen molar-refractivity contribution in [1.29, 1.82) is 0 Å². The number of ether oxygens (including phenoxy) is 1. The number of carbonyl (C=O) groups excluding carboxylic acids is 1. The van der Waals surface area contributed by atoms with Gasteiger partial charge in [0.25, 0.3) is 0 Å². The molecule has 1 saturated carbocycles. The average Bonchev–Trinajstić information content (AvgIpc) is 3.28. The van der Waals surface area contributed by atoms with Crippen LogP contribution in [-0.4, -0.2) is 72.3 Å². The Balaban J connectivity index is 1.21. The van der Waals surface area contributed by atoms with E-state index >= 15 is 0 Å². The molecule has 3 atom stereocenters. The number of carbonyl (C=O) groups is 1. The number of hydrogen-bond acceptors (Lipinski definition) is 8. The smallest absolute Gasteiger partial charge is 0.238 e. The highest BCUT2D eigenvalue weighted by atomic mass is 16.5. The number of hydrazine groups is 1. The van der Waals surface area contributed by atoms with Crippen LogP contribution in [0, 0.1) is 5.92 Å². The van der Waals surface area contributed by atoms with Crippen LogP contribution in [0.1, 0.15) is 19.3 Å². The molecular weight excluding hydrogens is 406 g/mol. The minimum Gasteiger partial charge on any atom is -0.379 e. The zero-order valence-corrected chi connectivity index (χ0v) is 18.2. The minimum absolute atomic E-state index is 0.0214. The fourth-order valence-electron chi connectivity index (χ4n) is 4.82. The Hall–Kier alpha value is -2.59. The van der Waals surface area contributed by atoms with Crippen LogP contribution in [0.15, 0.2) is 36.5 Å². The number of hydrogen-bond donors (Lipinski definition) is 4. The van der Waals surface area contributed by atoms with E-state index in [0.717, 1.165) is 49.5 Å². The van der Waals surface area contributed by atoms with Crippen LogP contribution in [-0.2, 0) is 9.53 Å². The Morgan fingerprint density at radius 1 is 1.22 bits per heavy atom. The van der Waals surface area contributed by atoms with Gasteiger partial charge in [-0.05, 0) is 43.4 Å². The molecule has 32 heavy (non-hydrogen) atoms. The van der Waals surface area contributed by atoms with E-state index in [4.69, 9.17) is 9.72 Å². The predicted molar refractivity (Wildman–Crippen MR) is 123 cm³/mol. The molecule has 9 nitrogen and oxygen atoms in total. The molecule has 3 heterocycles. The number of fused-ring (bicyclic) bond motifs is 1. The summed E-state index contributed by atoms with van der Waals surface area (Å²) >= 11 is 0. The van der Waals surface area contributed by atoms with Crippen LogP contribution in [0.25, 0.3) is 11.4 Å². The molecule has 2 aromatic rings. The summed E-state index contributed by atoms with van der Waals surface area (Å²) in [4.78, 5) is 23.8. The summed E-state index contributed by atoms with van der Waals surface area (Å²) in [6, 6.07) is 10.7. The summed E-state index contributed by atoms with van der Waals surface area (Å²) in [6.45, 7) is 4.34. The SMILES string of the molecule is O=C(CN1CCOCC1)Nc1cccc(-c2nccc(NC3CCC4NNCC4C3)n2)c1. The van der Waals surface area contributed by atoms with Crippen molar-refractivity contribution in [2.45, 2.75) is 31.3 Å². The number of benzene rings is 1. The maximum atomic E-state index is 12.4. The molecular formula is C23H31N7O2. The standard InChI is InChI=1S/C23H31N7O2/c31-22(15-30-8-10-32-11-9-30)27-18-3-1-2-16(12-18)23-24-7-6-21(28-23)26-19-4-5-20-17(13-19)14-25-29-20/h1-3,6-7,12,17,19-20,25,29H,4-5,8-11,13-15H2,(H,27,31)(H,24,26,28). The van der Waals surface area contributed by atoms with Gasteiger partial charge in [0, 0.05) is 49.2 Å². The second-order valence-electron chi connectivity index (χ2n) is 8.83. The van der Waals surface area contributed by atoms with E-state index < -0.39 is 0 Å². The second-order valence-corrected chi connectivity index (χ2v) is 8.83. The minimum atomic E-state index is -0.0214. The van der Waals surface area contributed by atoms with Gasteiger partial charge in [-0.2, -0.15) is 0 Å². The molecule has 3 fully saturated rings. The lowest BCUT2D eigenvalue weighted by Gasteiger charge is -2.31. The van der Waals surface area contributed by atoms with E-state index in [1.165, 1.54) is 6.42 Å². The van der Waals surface area contributed by atoms with Crippen molar-refractivity contribution in [3.05, 3.63) is 36.5 Å². The number of morpholine rings is 1. The predicted octanol–water partition coefficient (Wildman–Crippen LogP) is 1.47. The summed E-state index contributed by atoms with van der Waals surface area (Å²) in [5.74, 6) is 2.14. The molecule has 5 rings (SSSR count). The molecule has 1 aliphatic carbocycles. The summed E-state index contributed by atoms with van der Waals surface area (Å²) in [7, 11) is 0. The van der Waals surface area contributed by atoms with Crippen LogP contribution in [0.2, 0.25) is 0 Å². The molecule has 0 radical (unpaired) electrons. The largest absolute Gasteiger partial charge is 0.379 e. The van der Waals surface area contributed by atoms with E-state index in [0.29, 0.717) is 43.6 Å². The molecule has 1 aromatic carbocycles. The zero-order chi connectivity index (χ0) is 21.8. The molecule has 3 unspecified atom stereocenters. The highest BCUT2D eigenvalue weighted by molar-refractivity contribution is 5.92. The normalized spacial score (nSPS) is 25.8. The highest BCUT2D eigenvalue weighted by Gasteiger charge is 2.33. The van der Waals surface area contributed by atoms with Gasteiger partial charge in [0.1, 0.15) is 5.82 Å². The van der Waals surface area contributed by atoms with Crippen LogP contribution in [0.3, 0.4) is 0 Å². The van der Waals surface area contributed by atoms with E-state index in [2.05, 4.69) is 31.4 Å². The molecule has 0 bridgehead atoms. The maximum Gasteiger partial charge on any atom is 0.238 e. The first kappa shape index (κ1) is 21.3. The molecule has 2 saturated heterocycles. The third kappa shape index (κ3) is 5.24. The Morgan fingerprint density at radius 3 is 3.03 bits per heavy atom. The summed E-state index contributed by atoms with van der Waals surface area (Å²) < 4.78 is 5.34. The first-order valence-corrected chi connectivity index (χ1v) is 11.5. The van der Waals surface area contributed by atoms with Crippen molar-refractivity contribution >= 4 is 17.4 Å². The van der Waals surface area contributed by atoms with Crippen LogP contribution in [0.4, 0.5) is 11.5 Å². The fourth-order valence-corrected chi connectivity index (χ4v) is 4.82. The molecule has 0 spiro atoms. The van der Waals surface area contributed by atoms with E-state index in [-0.39, 0.29) is 5.91 Å². The van der Waals surface area contributed by atoms with Gasteiger partial charge in [0.05, 0.1) is 19.8 Å². The van der Waals surface area contributed by atoms with Gasteiger partial charge >= 0.3 is 0 Å². The van der Waals surface area contributed by atoms with Crippen molar-refractivity contribution in [3.8, 4) is 11.4 Å². The lowest BCUT2D eigenvalue weighted by atomic mass is 9.83. The first-order valence-electron chi connectivity index (χ1n) is 11.5. The topological polar surface area (TPSA) is 103 Å². The molecule has 2 aliphatic heterocycles. The molecule has 3 aliphatic rings. The number of rotatable bonds is 6. The van der Waals surface area contributed by atoms with E-state index in [9.17, 15) is 4.79 Å². The highest BCUT2D eigenvalue weighted by Crippen LogP contribution is 2.29. The zero-order valence-electron chi connectivity index (χ0n) is 18.2. The van der Waals surface area contributed by atoms with Crippen LogP contribution < -0.4 is 21.5 Å². The molecule has 1 aromatic heterocycles. The Labute approximate surface area is 188 Å². The number of aromatic nitrogens is 2. The monoisotopic (exact) mass is 437 g/mol. The molecule has 170 valence electrons. The average molecular weight is 438 g/mol. The van der Waals surface area contributed by atoms with Gasteiger partial charge in [-0.15, -0.1) is 0 Å². The Bertz CT molecular complexity index is 934. The number of amides is 1. The Morgan fingerprint density at radius 2 is 2.12 bits per heavy atom. The van der Waals surface area contributed by atoms with E-state index in [1.807, 2.05) is 30.3 Å². The van der Waals surface area contributed by atoms with Crippen LogP contribution >= 0.6 is 0 Å². The molecule has 4 N–H and O–H groups in total. The van der Waals surface area contributed by atoms with Gasteiger partial charge < -0.3 is 15.4 Å². The van der Waals surface area contributed by atoms with Crippen molar-refractivity contribution in [3.63, 3.8) is 0 Å². The lowest BCUT2D eigenvalue weighted by molar-refractivity contribution is -0.118. The Kier molecular flexibility index (Phi) is 6.59. The van der Waals surface area contributed by atoms with Gasteiger partial charge in [0.2, 0.25) is 5.91 Å². The number of nitrogens with one attached hydrogen (secondary N) is 4. The lowest BCUT2D eigenvalue weighted by Crippen LogP contribution is -2.41. The second kappa shape index (κ2) is 9.91. The van der Waals surface area contributed by atoms with Gasteiger partial charge in [0.15, 0.2) is 5.82 Å². The van der Waals surface area contributed by atoms with Crippen LogP contribution in [0.5, 0.6) is 0 Å². The first-order chi connectivity index (χ1) is 15.7. The third-order valence-corrected chi connectivity index (χ3v) is 6.52. The molecule has 9 heteroatoms. The van der Waals surface area contributed by atoms with Crippen molar-refractivity contribution in [2.75, 3.05) is 50.0 Å². The quantitative estimate of drug-likeness (QED) is 0.539. The number of nitrogens with zero attached hydrogens (tertiary/aromatic N) is 3. The summed E-state index contributed by atoms with van der Waals surface area (Å²) in [5.41, 5.74) is 8.29. The maximum absolute atomic E-state index is 12.4. The number of anilines is 2. The van der Waals surface area contributed by atoms with Gasteiger partial charge in [-0.3, -0.25) is 20.5 Å². The van der Waals surface area contributed by atoms with E-state index in [1.54, 1.807) is 6.20 Å². The van der Waals surface area contributed by atoms with Crippen molar-refractivity contribution < 1.29 is 9.53 Å². The summed E-state index contributed by atoms with van der Waals surface area (Å²) in [6.07, 6.45) is 5.21.